The van der Waals surface area contributed by atoms with E-state index in [9.17, 15) is 9.59 Å². The van der Waals surface area contributed by atoms with E-state index in [1.165, 1.54) is 0 Å². The lowest BCUT2D eigenvalue weighted by Gasteiger charge is -2.36. The van der Waals surface area contributed by atoms with Crippen LogP contribution in [0.2, 0.25) is 0 Å². The van der Waals surface area contributed by atoms with Gasteiger partial charge in [-0.05, 0) is 32.9 Å². The van der Waals surface area contributed by atoms with Gasteiger partial charge < -0.3 is 15.3 Å². The van der Waals surface area contributed by atoms with Crippen LogP contribution in [0.4, 0.5) is 4.79 Å². The number of amides is 2. The van der Waals surface area contributed by atoms with Crippen molar-refractivity contribution in [2.45, 2.75) is 38.8 Å². The highest BCUT2D eigenvalue weighted by Gasteiger charge is 2.32. The molecule has 0 aliphatic carbocycles. The molecule has 3 atom stereocenters. The molecule has 0 spiro atoms. The van der Waals surface area contributed by atoms with Crippen molar-refractivity contribution in [3.63, 3.8) is 0 Å². The monoisotopic (exact) mass is 274 g/mol. The summed E-state index contributed by atoms with van der Waals surface area (Å²) < 4.78 is 0. The smallest absolute Gasteiger partial charge is 0.317 e. The van der Waals surface area contributed by atoms with Gasteiger partial charge in [0.15, 0.2) is 0 Å². The van der Waals surface area contributed by atoms with E-state index in [1.807, 2.05) is 20.1 Å². The van der Waals surface area contributed by atoms with E-state index in [-0.39, 0.29) is 24.0 Å². The summed E-state index contributed by atoms with van der Waals surface area (Å²) in [7, 11) is 0. The Balaban J connectivity index is 2.48. The molecule has 0 aromatic carbocycles. The van der Waals surface area contributed by atoms with E-state index >= 15 is 0 Å². The molecule has 6 heteroatoms. The number of aliphatic carboxylic acids is 1. The zero-order valence-electron chi connectivity index (χ0n) is 11.2. The quantitative estimate of drug-likeness (QED) is 0.817. The first-order valence-electron chi connectivity index (χ1n) is 6.24. The van der Waals surface area contributed by atoms with Gasteiger partial charge in [0.05, 0.1) is 5.92 Å². The molecule has 5 nitrogen and oxygen atoms in total. The summed E-state index contributed by atoms with van der Waals surface area (Å²) in [5.41, 5.74) is 0. The molecule has 3 unspecified atom stereocenters. The van der Waals surface area contributed by atoms with Gasteiger partial charge in [0.25, 0.3) is 0 Å². The minimum atomic E-state index is -0.752. The Labute approximate surface area is 112 Å². The van der Waals surface area contributed by atoms with Crippen LogP contribution in [-0.4, -0.2) is 52.6 Å². The average Bonchev–Trinajstić information content (AvgIpc) is 2.28. The van der Waals surface area contributed by atoms with Gasteiger partial charge >= 0.3 is 12.0 Å². The van der Waals surface area contributed by atoms with Gasteiger partial charge in [-0.1, -0.05) is 0 Å². The second kappa shape index (κ2) is 6.87. The number of rotatable bonds is 4. The van der Waals surface area contributed by atoms with Crippen molar-refractivity contribution in [2.75, 3.05) is 18.6 Å². The maximum Gasteiger partial charge on any atom is 0.317 e. The first kappa shape index (κ1) is 15.1. The molecule has 1 aliphatic heterocycles. The Hall–Kier alpha value is -0.910. The van der Waals surface area contributed by atoms with Crippen molar-refractivity contribution in [1.29, 1.82) is 0 Å². The molecule has 104 valence electrons. The first-order valence-corrected chi connectivity index (χ1v) is 7.64. The second-order valence-corrected chi connectivity index (χ2v) is 5.82. The molecule has 2 N–H and O–H groups in total. The van der Waals surface area contributed by atoms with E-state index in [0.717, 1.165) is 5.75 Å². The van der Waals surface area contributed by atoms with Crippen molar-refractivity contribution >= 4 is 23.8 Å². The van der Waals surface area contributed by atoms with Crippen molar-refractivity contribution < 1.29 is 14.7 Å². The molecule has 1 saturated heterocycles. The van der Waals surface area contributed by atoms with Crippen LogP contribution < -0.4 is 5.32 Å². The number of hydrogen-bond acceptors (Lipinski definition) is 3. The number of hydrogen-bond donors (Lipinski definition) is 2. The van der Waals surface area contributed by atoms with Crippen molar-refractivity contribution in [2.24, 2.45) is 5.92 Å². The van der Waals surface area contributed by atoms with Crippen LogP contribution in [-0.2, 0) is 4.79 Å². The van der Waals surface area contributed by atoms with Gasteiger partial charge in [-0.2, -0.15) is 11.8 Å². The molecule has 1 heterocycles. The fraction of sp³-hybridized carbons (Fsp3) is 0.833. The van der Waals surface area contributed by atoms with E-state index in [1.54, 1.807) is 16.7 Å². The molecule has 0 bridgehead atoms. The number of nitrogens with one attached hydrogen (secondary N) is 1. The van der Waals surface area contributed by atoms with Crippen LogP contribution >= 0.6 is 11.8 Å². The second-order valence-electron chi connectivity index (χ2n) is 4.91. The lowest BCUT2D eigenvalue weighted by Crippen LogP contribution is -2.52. The van der Waals surface area contributed by atoms with Crippen LogP contribution in [0, 0.1) is 5.92 Å². The molecule has 0 aromatic rings. The minimum Gasteiger partial charge on any atom is -0.481 e. The number of carboxylic acids is 1. The lowest BCUT2D eigenvalue weighted by atomic mass is 9.92. The lowest BCUT2D eigenvalue weighted by molar-refractivity contribution is -0.143. The molecule has 0 radical (unpaired) electrons. The summed E-state index contributed by atoms with van der Waals surface area (Å²) in [4.78, 5) is 24.7. The Morgan fingerprint density at radius 1 is 1.56 bits per heavy atom. The summed E-state index contributed by atoms with van der Waals surface area (Å²) >= 11 is 1.69. The SMILES string of the molecule is CSCC(C)NC(=O)N1CCC(C(=O)O)CC1C. The topological polar surface area (TPSA) is 69.6 Å². The highest BCUT2D eigenvalue weighted by atomic mass is 32.2. The highest BCUT2D eigenvalue weighted by molar-refractivity contribution is 7.98. The van der Waals surface area contributed by atoms with Crippen LogP contribution in [0.5, 0.6) is 0 Å². The Morgan fingerprint density at radius 3 is 2.72 bits per heavy atom. The van der Waals surface area contributed by atoms with Gasteiger partial charge in [0, 0.05) is 24.4 Å². The molecule has 0 aromatic heterocycles. The van der Waals surface area contributed by atoms with Crippen molar-refractivity contribution in [3.05, 3.63) is 0 Å². The number of carbonyl (C=O) groups excluding carboxylic acids is 1. The summed E-state index contributed by atoms with van der Waals surface area (Å²) in [6, 6.07) is 0.0473. The number of carbonyl (C=O) groups is 2. The van der Waals surface area contributed by atoms with Crippen LogP contribution in [0.3, 0.4) is 0 Å². The number of carboxylic acid groups (broad SMARTS) is 1. The van der Waals surface area contributed by atoms with Crippen LogP contribution in [0.25, 0.3) is 0 Å². The van der Waals surface area contributed by atoms with E-state index in [2.05, 4.69) is 5.32 Å². The third-order valence-electron chi connectivity index (χ3n) is 3.27. The zero-order chi connectivity index (χ0) is 13.7. The maximum absolute atomic E-state index is 12.0. The Morgan fingerprint density at radius 2 is 2.22 bits per heavy atom. The minimum absolute atomic E-state index is 0.0127. The third-order valence-corrected chi connectivity index (χ3v) is 4.11. The largest absolute Gasteiger partial charge is 0.481 e. The molecule has 1 fully saturated rings. The van der Waals surface area contributed by atoms with Gasteiger partial charge in [-0.15, -0.1) is 0 Å². The molecule has 2 amide bonds. The van der Waals surface area contributed by atoms with Gasteiger partial charge in [-0.3, -0.25) is 4.79 Å². The summed E-state index contributed by atoms with van der Waals surface area (Å²) in [6.45, 7) is 4.41. The number of urea groups is 1. The van der Waals surface area contributed by atoms with E-state index in [4.69, 9.17) is 5.11 Å². The predicted molar refractivity (Wildman–Crippen MR) is 72.9 cm³/mol. The molecule has 1 aliphatic rings. The Bertz CT molecular complexity index is 312. The van der Waals surface area contributed by atoms with Crippen molar-refractivity contribution in [1.82, 2.24) is 10.2 Å². The fourth-order valence-electron chi connectivity index (χ4n) is 2.28. The Kier molecular flexibility index (Phi) is 5.78. The van der Waals surface area contributed by atoms with Gasteiger partial charge in [-0.25, -0.2) is 4.79 Å². The number of likely N-dealkylation sites (tertiary alicyclic amines) is 1. The summed E-state index contributed by atoms with van der Waals surface area (Å²) in [6.07, 6.45) is 3.09. The predicted octanol–water partition coefficient (Wildman–Crippen LogP) is 1.63. The molecule has 0 saturated carbocycles. The summed E-state index contributed by atoms with van der Waals surface area (Å²) in [5.74, 6) is -0.184. The van der Waals surface area contributed by atoms with Crippen LogP contribution in [0.1, 0.15) is 26.7 Å². The third kappa shape index (κ3) is 4.08. The van der Waals surface area contributed by atoms with Crippen molar-refractivity contribution in [3.8, 4) is 0 Å². The van der Waals surface area contributed by atoms with E-state index < -0.39 is 5.97 Å². The first-order chi connectivity index (χ1) is 8.45. The number of nitrogens with zero attached hydrogens (tertiary/aromatic N) is 1. The number of thioether (sulfide) groups is 1. The van der Waals surface area contributed by atoms with Gasteiger partial charge in [0.2, 0.25) is 0 Å². The average molecular weight is 274 g/mol. The maximum atomic E-state index is 12.0. The molecular formula is C12H22N2O3S. The highest BCUT2D eigenvalue weighted by Crippen LogP contribution is 2.23. The molecular weight excluding hydrogens is 252 g/mol. The molecule has 18 heavy (non-hydrogen) atoms. The standard InChI is InChI=1S/C12H22N2O3S/c1-8(7-18-3)13-12(17)14-5-4-10(11(15)16)6-9(14)2/h8-10H,4-7H2,1-3H3,(H,13,17)(H,15,16). The fourth-order valence-corrected chi connectivity index (χ4v) is 2.87. The van der Waals surface area contributed by atoms with Crippen LogP contribution in [0.15, 0.2) is 0 Å². The summed E-state index contributed by atoms with van der Waals surface area (Å²) in [5, 5.41) is 11.9. The number of piperidine rings is 1. The zero-order valence-corrected chi connectivity index (χ0v) is 12.0. The van der Waals surface area contributed by atoms with Gasteiger partial charge in [0.1, 0.15) is 0 Å². The normalized spacial score (nSPS) is 25.6. The van der Waals surface area contributed by atoms with E-state index in [0.29, 0.717) is 19.4 Å². The molecule has 1 rings (SSSR count).